The molecule has 0 bridgehead atoms. The first-order chi connectivity index (χ1) is 8.58. The molecule has 5 heteroatoms. The third kappa shape index (κ3) is 4.92. The van der Waals surface area contributed by atoms with Crippen molar-refractivity contribution in [3.63, 3.8) is 0 Å². The molecule has 1 heterocycles. The molecule has 106 valence electrons. The van der Waals surface area contributed by atoms with Gasteiger partial charge in [-0.3, -0.25) is 4.79 Å². The van der Waals surface area contributed by atoms with Gasteiger partial charge in [0.05, 0.1) is 18.2 Å². The number of hydrogen-bond donors (Lipinski definition) is 2. The van der Waals surface area contributed by atoms with Crippen molar-refractivity contribution in [3.8, 4) is 0 Å². The van der Waals surface area contributed by atoms with Gasteiger partial charge in [-0.2, -0.15) is 0 Å². The van der Waals surface area contributed by atoms with Crippen LogP contribution >= 0.6 is 0 Å². The molecule has 1 aliphatic rings. The summed E-state index contributed by atoms with van der Waals surface area (Å²) in [7, 11) is 0. The van der Waals surface area contributed by atoms with Crippen LogP contribution in [0.3, 0.4) is 0 Å². The average molecular weight is 258 g/mol. The quantitative estimate of drug-likeness (QED) is 0.600. The van der Waals surface area contributed by atoms with Gasteiger partial charge in [-0.1, -0.05) is 6.92 Å². The molecule has 18 heavy (non-hydrogen) atoms. The minimum absolute atomic E-state index is 0.265. The first kappa shape index (κ1) is 15.4. The number of ether oxygens (including phenoxy) is 2. The van der Waals surface area contributed by atoms with Crippen molar-refractivity contribution in [1.82, 2.24) is 5.32 Å². The second kappa shape index (κ2) is 7.71. The summed E-state index contributed by atoms with van der Waals surface area (Å²) in [5, 5.41) is 3.16. The number of carbonyl (C=O) groups is 1. The van der Waals surface area contributed by atoms with E-state index in [1.165, 1.54) is 0 Å². The standard InChI is InChI=1S/C13H26N2O3/c1-3-15-13(2,12(14)16)7-4-5-8-18-11-6-9-17-10-11/h11,15H,3-10H2,1-2H3,(H2,14,16). The van der Waals surface area contributed by atoms with Crippen LogP contribution in [0, 0.1) is 0 Å². The predicted molar refractivity (Wildman–Crippen MR) is 70.3 cm³/mol. The van der Waals surface area contributed by atoms with E-state index in [4.69, 9.17) is 15.2 Å². The molecule has 0 aromatic carbocycles. The summed E-state index contributed by atoms with van der Waals surface area (Å²) in [6.07, 6.45) is 3.89. The Kier molecular flexibility index (Phi) is 6.60. The van der Waals surface area contributed by atoms with Gasteiger partial charge in [-0.15, -0.1) is 0 Å². The number of primary amides is 1. The summed E-state index contributed by atoms with van der Waals surface area (Å²) in [5.74, 6) is -0.283. The third-order valence-electron chi connectivity index (χ3n) is 3.42. The second-order valence-corrected chi connectivity index (χ2v) is 5.04. The maximum Gasteiger partial charge on any atom is 0.237 e. The molecule has 0 spiro atoms. The van der Waals surface area contributed by atoms with Crippen LogP contribution in [-0.4, -0.2) is 43.9 Å². The van der Waals surface area contributed by atoms with Gasteiger partial charge in [-0.25, -0.2) is 0 Å². The highest BCUT2D eigenvalue weighted by Gasteiger charge is 2.28. The maximum atomic E-state index is 11.4. The number of rotatable bonds is 9. The van der Waals surface area contributed by atoms with Crippen LogP contribution < -0.4 is 11.1 Å². The third-order valence-corrected chi connectivity index (χ3v) is 3.42. The minimum Gasteiger partial charge on any atom is -0.379 e. The average Bonchev–Trinajstić information content (AvgIpc) is 2.81. The highest BCUT2D eigenvalue weighted by atomic mass is 16.5. The normalized spacial score (nSPS) is 22.9. The first-order valence-electron chi connectivity index (χ1n) is 6.83. The topological polar surface area (TPSA) is 73.6 Å². The fraction of sp³-hybridized carbons (Fsp3) is 0.923. The van der Waals surface area contributed by atoms with E-state index in [0.29, 0.717) is 0 Å². The molecule has 1 fully saturated rings. The Labute approximate surface area is 109 Å². The lowest BCUT2D eigenvalue weighted by Gasteiger charge is -2.27. The lowest BCUT2D eigenvalue weighted by molar-refractivity contribution is -0.124. The van der Waals surface area contributed by atoms with Crippen LogP contribution in [0.4, 0.5) is 0 Å². The van der Waals surface area contributed by atoms with Crippen molar-refractivity contribution in [3.05, 3.63) is 0 Å². The van der Waals surface area contributed by atoms with E-state index in [0.717, 1.165) is 52.0 Å². The number of amides is 1. The zero-order valence-electron chi connectivity index (χ0n) is 11.5. The van der Waals surface area contributed by atoms with Crippen LogP contribution in [-0.2, 0) is 14.3 Å². The monoisotopic (exact) mass is 258 g/mol. The zero-order chi connectivity index (χ0) is 13.4. The number of nitrogens with one attached hydrogen (secondary N) is 1. The Morgan fingerprint density at radius 2 is 2.33 bits per heavy atom. The van der Waals surface area contributed by atoms with E-state index in [1.807, 2.05) is 13.8 Å². The molecule has 1 saturated heterocycles. The Hall–Kier alpha value is -0.650. The van der Waals surface area contributed by atoms with Crippen molar-refractivity contribution in [1.29, 1.82) is 0 Å². The molecule has 5 nitrogen and oxygen atoms in total. The Morgan fingerprint density at radius 1 is 1.56 bits per heavy atom. The Morgan fingerprint density at radius 3 is 2.89 bits per heavy atom. The first-order valence-corrected chi connectivity index (χ1v) is 6.83. The number of carbonyl (C=O) groups excluding carboxylic acids is 1. The molecule has 0 radical (unpaired) electrons. The number of unbranched alkanes of at least 4 members (excludes halogenated alkanes) is 1. The lowest BCUT2D eigenvalue weighted by Crippen LogP contribution is -2.53. The molecule has 2 unspecified atom stereocenters. The Bertz CT molecular complexity index is 255. The summed E-state index contributed by atoms with van der Waals surface area (Å²) in [4.78, 5) is 11.4. The van der Waals surface area contributed by atoms with Gasteiger partial charge in [0.1, 0.15) is 0 Å². The van der Waals surface area contributed by atoms with Crippen molar-refractivity contribution in [2.45, 2.75) is 51.2 Å². The molecule has 0 saturated carbocycles. The molecule has 1 aliphatic heterocycles. The van der Waals surface area contributed by atoms with E-state index < -0.39 is 5.54 Å². The molecule has 0 aliphatic carbocycles. The van der Waals surface area contributed by atoms with Gasteiger partial charge in [0, 0.05) is 13.2 Å². The fourth-order valence-electron chi connectivity index (χ4n) is 2.16. The van der Waals surface area contributed by atoms with Crippen LogP contribution in [0.1, 0.15) is 39.5 Å². The maximum absolute atomic E-state index is 11.4. The summed E-state index contributed by atoms with van der Waals surface area (Å²) in [6.45, 7) is 6.85. The van der Waals surface area contributed by atoms with Gasteiger partial charge < -0.3 is 20.5 Å². The summed E-state index contributed by atoms with van der Waals surface area (Å²) in [6, 6.07) is 0. The molecule has 3 N–H and O–H groups in total. The second-order valence-electron chi connectivity index (χ2n) is 5.04. The van der Waals surface area contributed by atoms with Crippen LogP contribution in [0.25, 0.3) is 0 Å². The van der Waals surface area contributed by atoms with E-state index in [2.05, 4.69) is 5.32 Å². The molecule has 2 atom stereocenters. The van der Waals surface area contributed by atoms with Gasteiger partial charge in [-0.05, 0) is 39.2 Å². The summed E-state index contributed by atoms with van der Waals surface area (Å²) in [5.41, 5.74) is 4.83. The Balaban J connectivity index is 2.12. The SMILES string of the molecule is CCNC(C)(CCCCOC1CCOC1)C(N)=O. The van der Waals surface area contributed by atoms with Crippen LogP contribution in [0.5, 0.6) is 0 Å². The van der Waals surface area contributed by atoms with Crippen LogP contribution in [0.2, 0.25) is 0 Å². The summed E-state index contributed by atoms with van der Waals surface area (Å²) >= 11 is 0. The highest BCUT2D eigenvalue weighted by molar-refractivity contribution is 5.84. The molecular formula is C13H26N2O3. The van der Waals surface area contributed by atoms with Crippen molar-refractivity contribution < 1.29 is 14.3 Å². The van der Waals surface area contributed by atoms with E-state index in [1.54, 1.807) is 0 Å². The largest absolute Gasteiger partial charge is 0.379 e. The van der Waals surface area contributed by atoms with Crippen molar-refractivity contribution >= 4 is 5.91 Å². The molecule has 0 aromatic rings. The van der Waals surface area contributed by atoms with E-state index in [9.17, 15) is 4.79 Å². The molecule has 1 rings (SSSR count). The fourth-order valence-corrected chi connectivity index (χ4v) is 2.16. The molecule has 0 aromatic heterocycles. The minimum atomic E-state index is -0.592. The number of nitrogens with two attached hydrogens (primary N) is 1. The van der Waals surface area contributed by atoms with Crippen molar-refractivity contribution in [2.75, 3.05) is 26.4 Å². The summed E-state index contributed by atoms with van der Waals surface area (Å²) < 4.78 is 10.9. The van der Waals surface area contributed by atoms with Crippen LogP contribution in [0.15, 0.2) is 0 Å². The predicted octanol–water partition coefficient (Wildman–Crippen LogP) is 0.816. The number of hydrogen-bond acceptors (Lipinski definition) is 4. The van der Waals surface area contributed by atoms with Gasteiger partial charge in [0.15, 0.2) is 0 Å². The molecular weight excluding hydrogens is 232 g/mol. The molecule has 1 amide bonds. The van der Waals surface area contributed by atoms with E-state index >= 15 is 0 Å². The highest BCUT2D eigenvalue weighted by Crippen LogP contribution is 2.14. The van der Waals surface area contributed by atoms with Gasteiger partial charge >= 0.3 is 0 Å². The van der Waals surface area contributed by atoms with Crippen molar-refractivity contribution in [2.24, 2.45) is 5.73 Å². The number of likely N-dealkylation sites (N-methyl/N-ethyl adjacent to an activating group) is 1. The van der Waals surface area contributed by atoms with Gasteiger partial charge in [0.25, 0.3) is 0 Å². The smallest absolute Gasteiger partial charge is 0.237 e. The zero-order valence-corrected chi connectivity index (χ0v) is 11.5. The van der Waals surface area contributed by atoms with E-state index in [-0.39, 0.29) is 12.0 Å². The lowest BCUT2D eigenvalue weighted by atomic mass is 9.94. The van der Waals surface area contributed by atoms with Gasteiger partial charge in [0.2, 0.25) is 5.91 Å².